The van der Waals surface area contributed by atoms with Crippen molar-refractivity contribution < 1.29 is 13.5 Å². The van der Waals surface area contributed by atoms with Crippen molar-refractivity contribution in [2.75, 3.05) is 5.75 Å². The van der Waals surface area contributed by atoms with Crippen molar-refractivity contribution in [2.24, 2.45) is 0 Å². The van der Waals surface area contributed by atoms with Crippen LogP contribution in [0.4, 0.5) is 0 Å². The molecule has 17 heavy (non-hydrogen) atoms. The molecule has 0 heterocycles. The fourth-order valence-electron chi connectivity index (χ4n) is 1.43. The summed E-state index contributed by atoms with van der Waals surface area (Å²) in [6, 6.07) is 6.53. The zero-order chi connectivity index (χ0) is 13.3. The van der Waals surface area contributed by atoms with Crippen molar-refractivity contribution in [2.45, 2.75) is 23.6 Å². The maximum absolute atomic E-state index is 11.9. The van der Waals surface area contributed by atoms with E-state index in [9.17, 15) is 13.5 Å². The Labute approximate surface area is 115 Å². The Balaban J connectivity index is 3.17. The van der Waals surface area contributed by atoms with E-state index in [1.165, 1.54) is 6.92 Å². The standard InChI is InChI=1S/C11H14BrClO3S/c1-3-17(15,16)11(2,12)10(14)8-5-4-6-9(13)7-8/h4-7,10,14H,3H2,1-2H3/t10-,11+/m0/s1. The monoisotopic (exact) mass is 340 g/mol. The molecule has 0 radical (unpaired) electrons. The third kappa shape index (κ3) is 3.02. The van der Waals surface area contributed by atoms with Gasteiger partial charge in [-0.2, -0.15) is 0 Å². The fraction of sp³-hybridized carbons (Fsp3) is 0.455. The van der Waals surface area contributed by atoms with Crippen LogP contribution < -0.4 is 0 Å². The first-order valence-electron chi connectivity index (χ1n) is 5.07. The quantitative estimate of drug-likeness (QED) is 0.857. The van der Waals surface area contributed by atoms with Crippen molar-refractivity contribution in [3.63, 3.8) is 0 Å². The SMILES string of the molecule is CCS(=O)(=O)[C@@](C)(Br)[C@@H](O)c1cccc(Cl)c1. The van der Waals surface area contributed by atoms with Gasteiger partial charge in [0.05, 0.1) is 0 Å². The summed E-state index contributed by atoms with van der Waals surface area (Å²) in [7, 11) is -3.43. The zero-order valence-electron chi connectivity index (χ0n) is 9.52. The molecule has 0 aliphatic carbocycles. The number of aliphatic hydroxyl groups is 1. The molecule has 2 atom stereocenters. The molecule has 0 aliphatic rings. The summed E-state index contributed by atoms with van der Waals surface area (Å²) < 4.78 is 22.3. The lowest BCUT2D eigenvalue weighted by atomic mass is 10.1. The normalized spacial score (nSPS) is 17.5. The first-order valence-corrected chi connectivity index (χ1v) is 7.89. The largest absolute Gasteiger partial charge is 0.386 e. The molecule has 1 aromatic rings. The Bertz CT molecular complexity index is 499. The number of alkyl halides is 1. The van der Waals surface area contributed by atoms with E-state index < -0.39 is 19.6 Å². The first kappa shape index (κ1) is 15.0. The number of benzene rings is 1. The van der Waals surface area contributed by atoms with Crippen LogP contribution in [0.3, 0.4) is 0 Å². The van der Waals surface area contributed by atoms with Crippen molar-refractivity contribution in [3.05, 3.63) is 34.9 Å². The summed E-state index contributed by atoms with van der Waals surface area (Å²) >= 11 is 8.92. The third-order valence-corrected chi connectivity index (χ3v) is 6.99. The van der Waals surface area contributed by atoms with Gasteiger partial charge in [0.2, 0.25) is 0 Å². The number of rotatable bonds is 4. The second-order valence-electron chi connectivity index (χ2n) is 3.85. The smallest absolute Gasteiger partial charge is 0.168 e. The summed E-state index contributed by atoms with van der Waals surface area (Å²) in [6.07, 6.45) is -1.17. The molecule has 0 aliphatic heterocycles. The lowest BCUT2D eigenvalue weighted by molar-refractivity contribution is 0.167. The summed E-state index contributed by atoms with van der Waals surface area (Å²) in [5.74, 6) is -0.0492. The van der Waals surface area contributed by atoms with Gasteiger partial charge < -0.3 is 5.11 Å². The molecule has 1 N–H and O–H groups in total. The zero-order valence-corrected chi connectivity index (χ0v) is 12.7. The maximum atomic E-state index is 11.9. The summed E-state index contributed by atoms with van der Waals surface area (Å²) in [5.41, 5.74) is 0.467. The van der Waals surface area contributed by atoms with Crippen LogP contribution in [-0.4, -0.2) is 22.9 Å². The Hall–Kier alpha value is -0.100. The molecule has 0 spiro atoms. The highest BCUT2D eigenvalue weighted by Crippen LogP contribution is 2.39. The Morgan fingerprint density at radius 1 is 1.53 bits per heavy atom. The van der Waals surface area contributed by atoms with Gasteiger partial charge in [0.25, 0.3) is 0 Å². The Morgan fingerprint density at radius 3 is 2.59 bits per heavy atom. The van der Waals surface area contributed by atoms with Gasteiger partial charge in [0.15, 0.2) is 13.5 Å². The van der Waals surface area contributed by atoms with E-state index in [0.29, 0.717) is 10.6 Å². The fourth-order valence-corrected chi connectivity index (χ4v) is 3.62. The van der Waals surface area contributed by atoms with E-state index in [2.05, 4.69) is 15.9 Å². The van der Waals surface area contributed by atoms with Crippen LogP contribution in [0.5, 0.6) is 0 Å². The van der Waals surface area contributed by atoms with E-state index in [-0.39, 0.29) is 5.75 Å². The minimum atomic E-state index is -3.43. The van der Waals surface area contributed by atoms with Gasteiger partial charge >= 0.3 is 0 Å². The molecule has 0 aromatic heterocycles. The number of aliphatic hydroxyl groups excluding tert-OH is 1. The summed E-state index contributed by atoms with van der Waals surface area (Å²) in [4.78, 5) is 0. The van der Waals surface area contributed by atoms with Gasteiger partial charge in [-0.1, -0.05) is 46.6 Å². The number of hydrogen-bond acceptors (Lipinski definition) is 3. The highest BCUT2D eigenvalue weighted by atomic mass is 79.9. The average molecular weight is 342 g/mol. The van der Waals surface area contributed by atoms with Crippen molar-refractivity contribution in [1.82, 2.24) is 0 Å². The van der Waals surface area contributed by atoms with Gasteiger partial charge in [-0.3, -0.25) is 0 Å². The second kappa shape index (κ2) is 5.26. The van der Waals surface area contributed by atoms with E-state index >= 15 is 0 Å². The molecule has 0 bridgehead atoms. The number of halogens is 2. The van der Waals surface area contributed by atoms with Crippen molar-refractivity contribution in [3.8, 4) is 0 Å². The molecular weight excluding hydrogens is 328 g/mol. The summed E-state index contributed by atoms with van der Waals surface area (Å²) in [5, 5.41) is 10.6. The van der Waals surface area contributed by atoms with E-state index in [0.717, 1.165) is 0 Å². The van der Waals surface area contributed by atoms with Crippen molar-refractivity contribution in [1.29, 1.82) is 0 Å². The Kier molecular flexibility index (Phi) is 4.63. The van der Waals surface area contributed by atoms with Crippen LogP contribution in [-0.2, 0) is 9.84 Å². The molecule has 0 amide bonds. The lowest BCUT2D eigenvalue weighted by Gasteiger charge is -2.28. The minimum absolute atomic E-state index is 0.0492. The highest BCUT2D eigenvalue weighted by Gasteiger charge is 2.42. The molecule has 1 rings (SSSR count). The average Bonchev–Trinajstić information content (AvgIpc) is 2.27. The van der Waals surface area contributed by atoms with Gasteiger partial charge in [0, 0.05) is 10.8 Å². The second-order valence-corrected chi connectivity index (χ2v) is 9.11. The first-order chi connectivity index (χ1) is 7.72. The van der Waals surface area contributed by atoms with E-state index in [1.54, 1.807) is 31.2 Å². The molecule has 96 valence electrons. The molecule has 0 saturated heterocycles. The minimum Gasteiger partial charge on any atom is -0.386 e. The van der Waals surface area contributed by atoms with Crippen LogP contribution in [0.25, 0.3) is 0 Å². The van der Waals surface area contributed by atoms with Crippen LogP contribution in [0.15, 0.2) is 24.3 Å². The van der Waals surface area contributed by atoms with Gasteiger partial charge in [0.1, 0.15) is 6.10 Å². The number of hydrogen-bond donors (Lipinski definition) is 1. The van der Waals surface area contributed by atoms with Crippen LogP contribution >= 0.6 is 27.5 Å². The summed E-state index contributed by atoms with van der Waals surface area (Å²) in [6.45, 7) is 2.98. The third-order valence-electron chi connectivity index (χ3n) is 2.64. The van der Waals surface area contributed by atoms with Gasteiger partial charge in [-0.15, -0.1) is 0 Å². The predicted octanol–water partition coefficient (Wildman–Crippen LogP) is 2.92. The molecule has 6 heteroatoms. The highest BCUT2D eigenvalue weighted by molar-refractivity contribution is 9.11. The molecule has 0 fully saturated rings. The van der Waals surface area contributed by atoms with Gasteiger partial charge in [-0.25, -0.2) is 8.42 Å². The van der Waals surface area contributed by atoms with Crippen molar-refractivity contribution >= 4 is 37.4 Å². The van der Waals surface area contributed by atoms with Crippen LogP contribution in [0.2, 0.25) is 5.02 Å². The van der Waals surface area contributed by atoms with E-state index in [1.807, 2.05) is 0 Å². The van der Waals surface area contributed by atoms with Crippen LogP contribution in [0.1, 0.15) is 25.5 Å². The van der Waals surface area contributed by atoms with E-state index in [4.69, 9.17) is 11.6 Å². The lowest BCUT2D eigenvalue weighted by Crippen LogP contribution is -2.36. The molecule has 0 saturated carbocycles. The molecule has 0 unspecified atom stereocenters. The molecule has 1 aromatic carbocycles. The topological polar surface area (TPSA) is 54.4 Å². The predicted molar refractivity (Wildman–Crippen MR) is 73.2 cm³/mol. The molecule has 3 nitrogen and oxygen atoms in total. The maximum Gasteiger partial charge on any atom is 0.168 e. The van der Waals surface area contributed by atoms with Gasteiger partial charge in [-0.05, 0) is 24.6 Å². The number of sulfone groups is 1. The Morgan fingerprint density at radius 2 is 2.12 bits per heavy atom. The van der Waals surface area contributed by atoms with Crippen LogP contribution in [0, 0.1) is 0 Å². The molecular formula is C11H14BrClO3S.